The van der Waals surface area contributed by atoms with Crippen LogP contribution in [-0.2, 0) is 15.7 Å². The molecule has 158 valence electrons. The highest BCUT2D eigenvalue weighted by Crippen LogP contribution is 2.35. The second-order valence-corrected chi connectivity index (χ2v) is 5.77. The predicted molar refractivity (Wildman–Crippen MR) is 101 cm³/mol. The van der Waals surface area contributed by atoms with E-state index in [1.54, 1.807) is 24.3 Å². The molecule has 2 aromatic carbocycles. The summed E-state index contributed by atoms with van der Waals surface area (Å²) in [6, 6.07) is 9.63. The number of rotatable bonds is 10. The summed E-state index contributed by atoms with van der Waals surface area (Å²) in [4.78, 5) is 12.3. The average Bonchev–Trinajstić information content (AvgIpc) is 2.68. The van der Waals surface area contributed by atoms with Gasteiger partial charge in [0.25, 0.3) is 5.91 Å². The Morgan fingerprint density at radius 3 is 2.28 bits per heavy atom. The van der Waals surface area contributed by atoms with E-state index in [9.17, 15) is 18.0 Å². The minimum absolute atomic E-state index is 0.0955. The van der Waals surface area contributed by atoms with Crippen molar-refractivity contribution in [2.24, 2.45) is 0 Å². The fourth-order valence-corrected chi connectivity index (χ4v) is 2.34. The number of alkyl halides is 3. The molecule has 29 heavy (non-hydrogen) atoms. The molecule has 0 saturated heterocycles. The molecular formula is C20H22F3NO5. The molecule has 0 spiro atoms. The Balaban J connectivity index is 2.10. The zero-order valence-electron chi connectivity index (χ0n) is 16.0. The monoisotopic (exact) mass is 413 g/mol. The van der Waals surface area contributed by atoms with Gasteiger partial charge in [-0.3, -0.25) is 4.79 Å². The lowest BCUT2D eigenvalue weighted by Gasteiger charge is -2.16. The van der Waals surface area contributed by atoms with Crippen molar-refractivity contribution in [3.8, 4) is 17.2 Å². The quantitative estimate of drug-likeness (QED) is 0.593. The molecule has 0 unspecified atom stereocenters. The number of amides is 1. The number of benzene rings is 2. The number of carbonyl (C=O) groups is 1. The van der Waals surface area contributed by atoms with Crippen LogP contribution in [0.4, 0.5) is 18.9 Å². The summed E-state index contributed by atoms with van der Waals surface area (Å²) < 4.78 is 60.1. The number of ether oxygens (including phenoxy) is 4. The molecule has 0 heterocycles. The number of anilines is 1. The van der Waals surface area contributed by atoms with Gasteiger partial charge in [0, 0.05) is 7.11 Å². The Morgan fingerprint density at radius 2 is 1.66 bits per heavy atom. The summed E-state index contributed by atoms with van der Waals surface area (Å²) in [6.45, 7) is 2.16. The highest BCUT2D eigenvalue weighted by Gasteiger charge is 2.31. The van der Waals surface area contributed by atoms with Crippen LogP contribution >= 0.6 is 0 Å². The van der Waals surface area contributed by atoms with Crippen LogP contribution in [-0.4, -0.2) is 39.4 Å². The number of hydrogen-bond acceptors (Lipinski definition) is 5. The summed E-state index contributed by atoms with van der Waals surface area (Å²) in [6.07, 6.45) is -4.56. The first-order valence-electron chi connectivity index (χ1n) is 8.82. The van der Waals surface area contributed by atoms with Gasteiger partial charge in [-0.15, -0.1) is 0 Å². The molecule has 0 radical (unpaired) electrons. The lowest BCUT2D eigenvalue weighted by molar-refractivity contribution is -0.137. The third-order valence-corrected chi connectivity index (χ3v) is 3.63. The van der Waals surface area contributed by atoms with E-state index in [1.165, 1.54) is 7.11 Å². The molecule has 0 fully saturated rings. The summed E-state index contributed by atoms with van der Waals surface area (Å²) in [7, 11) is 1.47. The molecule has 6 nitrogen and oxygen atoms in total. The van der Waals surface area contributed by atoms with Crippen molar-refractivity contribution in [1.29, 1.82) is 0 Å². The van der Waals surface area contributed by atoms with Crippen LogP contribution in [0, 0.1) is 0 Å². The number of halogens is 3. The van der Waals surface area contributed by atoms with Crippen LogP contribution in [0.1, 0.15) is 12.5 Å². The molecule has 0 aromatic heterocycles. The SMILES string of the molecule is CCOc1ccccc1OCC(=O)Nc1cc(C(F)(F)F)ccc1OCCOC. The predicted octanol–water partition coefficient (Wildman–Crippen LogP) is 4.15. The number of carbonyl (C=O) groups excluding carboxylic acids is 1. The normalized spacial score (nSPS) is 11.1. The molecule has 0 atom stereocenters. The third kappa shape index (κ3) is 6.86. The molecule has 0 saturated carbocycles. The van der Waals surface area contributed by atoms with E-state index in [2.05, 4.69) is 5.32 Å². The van der Waals surface area contributed by atoms with E-state index < -0.39 is 24.3 Å². The lowest BCUT2D eigenvalue weighted by Crippen LogP contribution is -2.21. The van der Waals surface area contributed by atoms with Crippen LogP contribution in [0.2, 0.25) is 0 Å². The molecule has 2 aromatic rings. The minimum atomic E-state index is -4.56. The Morgan fingerprint density at radius 1 is 0.966 bits per heavy atom. The summed E-state index contributed by atoms with van der Waals surface area (Å²) >= 11 is 0. The van der Waals surface area contributed by atoms with Crippen molar-refractivity contribution in [2.45, 2.75) is 13.1 Å². The number of para-hydroxylation sites is 2. The standard InChI is InChI=1S/C20H22F3NO5/c1-3-27-17-6-4-5-7-18(17)29-13-19(25)24-15-12-14(20(21,22)23)8-9-16(15)28-11-10-26-2/h4-9,12H,3,10-11,13H2,1-2H3,(H,24,25). The highest BCUT2D eigenvalue weighted by atomic mass is 19.4. The van der Waals surface area contributed by atoms with Crippen molar-refractivity contribution < 1.29 is 36.9 Å². The van der Waals surface area contributed by atoms with Gasteiger partial charge >= 0.3 is 6.18 Å². The van der Waals surface area contributed by atoms with Crippen molar-refractivity contribution >= 4 is 11.6 Å². The Bertz CT molecular complexity index is 811. The van der Waals surface area contributed by atoms with E-state index in [1.807, 2.05) is 6.92 Å². The second kappa shape index (κ2) is 10.6. The number of nitrogens with one attached hydrogen (secondary N) is 1. The molecule has 1 amide bonds. The molecule has 0 aliphatic rings. The first kappa shape index (κ1) is 22.4. The summed E-state index contributed by atoms with van der Waals surface area (Å²) in [5.41, 5.74) is -1.02. The maximum atomic E-state index is 13.0. The van der Waals surface area contributed by atoms with Crippen LogP contribution in [0.25, 0.3) is 0 Å². The molecule has 0 aliphatic heterocycles. The fraction of sp³-hybridized carbons (Fsp3) is 0.350. The Hall–Kier alpha value is -2.94. The number of hydrogen-bond donors (Lipinski definition) is 1. The summed E-state index contributed by atoms with van der Waals surface area (Å²) in [5.74, 6) is 0.265. The molecule has 9 heteroatoms. The van der Waals surface area contributed by atoms with E-state index in [4.69, 9.17) is 18.9 Å². The van der Waals surface area contributed by atoms with Crippen LogP contribution in [0.3, 0.4) is 0 Å². The molecule has 2 rings (SSSR count). The maximum absolute atomic E-state index is 13.0. The maximum Gasteiger partial charge on any atom is 0.416 e. The van der Waals surface area contributed by atoms with E-state index in [-0.39, 0.29) is 24.7 Å². The van der Waals surface area contributed by atoms with Crippen molar-refractivity contribution in [3.63, 3.8) is 0 Å². The minimum Gasteiger partial charge on any atom is -0.490 e. The fourth-order valence-electron chi connectivity index (χ4n) is 2.34. The van der Waals surface area contributed by atoms with Crippen molar-refractivity contribution in [2.75, 3.05) is 38.9 Å². The smallest absolute Gasteiger partial charge is 0.416 e. The van der Waals surface area contributed by atoms with Crippen LogP contribution in [0.15, 0.2) is 42.5 Å². The van der Waals surface area contributed by atoms with Crippen molar-refractivity contribution in [1.82, 2.24) is 0 Å². The Labute approximate surface area is 166 Å². The zero-order chi connectivity index (χ0) is 21.3. The van der Waals surface area contributed by atoms with Gasteiger partial charge in [-0.05, 0) is 37.3 Å². The average molecular weight is 413 g/mol. The van der Waals surface area contributed by atoms with E-state index >= 15 is 0 Å². The lowest BCUT2D eigenvalue weighted by atomic mass is 10.1. The van der Waals surface area contributed by atoms with Gasteiger partial charge in [-0.25, -0.2) is 0 Å². The molecule has 0 aliphatic carbocycles. The second-order valence-electron chi connectivity index (χ2n) is 5.77. The van der Waals surface area contributed by atoms with Gasteiger partial charge in [0.1, 0.15) is 12.4 Å². The van der Waals surface area contributed by atoms with Gasteiger partial charge in [-0.1, -0.05) is 12.1 Å². The van der Waals surface area contributed by atoms with Crippen LogP contribution < -0.4 is 19.5 Å². The van der Waals surface area contributed by atoms with Gasteiger partial charge in [0.15, 0.2) is 18.1 Å². The Kier molecular flexibility index (Phi) is 8.14. The van der Waals surface area contributed by atoms with E-state index in [0.29, 0.717) is 18.1 Å². The largest absolute Gasteiger partial charge is 0.490 e. The first-order valence-corrected chi connectivity index (χ1v) is 8.82. The van der Waals surface area contributed by atoms with Gasteiger partial charge in [0.05, 0.1) is 24.5 Å². The third-order valence-electron chi connectivity index (χ3n) is 3.63. The molecular weight excluding hydrogens is 391 g/mol. The molecule has 0 bridgehead atoms. The van der Waals surface area contributed by atoms with E-state index in [0.717, 1.165) is 18.2 Å². The zero-order valence-corrected chi connectivity index (χ0v) is 16.0. The summed E-state index contributed by atoms with van der Waals surface area (Å²) in [5, 5.41) is 2.40. The van der Waals surface area contributed by atoms with Gasteiger partial charge < -0.3 is 24.3 Å². The topological polar surface area (TPSA) is 66.0 Å². The number of methoxy groups -OCH3 is 1. The van der Waals surface area contributed by atoms with Gasteiger partial charge in [-0.2, -0.15) is 13.2 Å². The highest BCUT2D eigenvalue weighted by molar-refractivity contribution is 5.93. The van der Waals surface area contributed by atoms with Crippen LogP contribution in [0.5, 0.6) is 17.2 Å². The molecule has 1 N–H and O–H groups in total. The van der Waals surface area contributed by atoms with Gasteiger partial charge in [0.2, 0.25) is 0 Å². The first-order chi connectivity index (χ1) is 13.8. The van der Waals surface area contributed by atoms with Crippen molar-refractivity contribution in [3.05, 3.63) is 48.0 Å².